The van der Waals surface area contributed by atoms with Gasteiger partial charge in [0.2, 0.25) is 0 Å². The van der Waals surface area contributed by atoms with Crippen LogP contribution in [0.4, 0.5) is 10.8 Å². The van der Waals surface area contributed by atoms with Crippen molar-refractivity contribution in [1.82, 2.24) is 14.6 Å². The molecule has 0 aliphatic rings. The first kappa shape index (κ1) is 9.01. The summed E-state index contributed by atoms with van der Waals surface area (Å²) in [5.41, 5.74) is 7.68. The number of aromatic nitrogens is 3. The lowest BCUT2D eigenvalue weighted by Crippen LogP contribution is -1.99. The molecule has 0 fully saturated rings. The van der Waals surface area contributed by atoms with Crippen LogP contribution in [0.25, 0.3) is 0 Å². The lowest BCUT2D eigenvalue weighted by Gasteiger charge is -2.01. The zero-order valence-corrected chi connectivity index (χ0v) is 8.56. The second kappa shape index (κ2) is 3.67. The SMILES string of the molecule is Cc1c(N)nsc1NCc1ccn[nH]1. The zero-order valence-electron chi connectivity index (χ0n) is 7.74. The molecule has 2 aromatic heterocycles. The molecule has 0 aromatic carbocycles. The summed E-state index contributed by atoms with van der Waals surface area (Å²) in [6, 6.07) is 1.92. The van der Waals surface area contributed by atoms with E-state index in [-0.39, 0.29) is 0 Å². The van der Waals surface area contributed by atoms with E-state index in [0.29, 0.717) is 12.4 Å². The summed E-state index contributed by atoms with van der Waals surface area (Å²) in [7, 11) is 0. The predicted molar refractivity (Wildman–Crippen MR) is 57.2 cm³/mol. The van der Waals surface area contributed by atoms with Gasteiger partial charge in [-0.25, -0.2) is 0 Å². The Bertz CT molecular complexity index is 405. The second-order valence-electron chi connectivity index (χ2n) is 2.96. The third-order valence-corrected chi connectivity index (χ3v) is 2.88. The second-order valence-corrected chi connectivity index (χ2v) is 3.73. The molecular formula is C8H11N5S. The summed E-state index contributed by atoms with van der Waals surface area (Å²) >= 11 is 1.38. The van der Waals surface area contributed by atoms with Crippen molar-refractivity contribution in [2.45, 2.75) is 13.5 Å². The van der Waals surface area contributed by atoms with Crippen molar-refractivity contribution in [2.75, 3.05) is 11.1 Å². The van der Waals surface area contributed by atoms with E-state index in [2.05, 4.69) is 19.9 Å². The molecular weight excluding hydrogens is 198 g/mol. The van der Waals surface area contributed by atoms with E-state index in [1.54, 1.807) is 6.20 Å². The zero-order chi connectivity index (χ0) is 9.97. The van der Waals surface area contributed by atoms with Gasteiger partial charge in [0.15, 0.2) is 0 Å². The van der Waals surface area contributed by atoms with E-state index >= 15 is 0 Å². The van der Waals surface area contributed by atoms with Crippen LogP contribution in [-0.2, 0) is 6.54 Å². The minimum absolute atomic E-state index is 0.599. The molecule has 0 saturated heterocycles. The maximum atomic E-state index is 5.63. The molecule has 2 aromatic rings. The minimum atomic E-state index is 0.599. The number of nitrogens with two attached hydrogens (primary N) is 1. The van der Waals surface area contributed by atoms with E-state index in [1.807, 2.05) is 13.0 Å². The summed E-state index contributed by atoms with van der Waals surface area (Å²) in [6.45, 7) is 2.66. The normalized spacial score (nSPS) is 10.4. The van der Waals surface area contributed by atoms with Crippen molar-refractivity contribution in [3.63, 3.8) is 0 Å². The fourth-order valence-electron chi connectivity index (χ4n) is 1.07. The molecule has 0 spiro atoms. The number of aromatic amines is 1. The number of hydrogen-bond acceptors (Lipinski definition) is 5. The van der Waals surface area contributed by atoms with Crippen molar-refractivity contribution in [3.05, 3.63) is 23.5 Å². The highest BCUT2D eigenvalue weighted by atomic mass is 32.1. The Morgan fingerprint density at radius 1 is 1.64 bits per heavy atom. The summed E-state index contributed by atoms with van der Waals surface area (Å²) < 4.78 is 4.05. The highest BCUT2D eigenvalue weighted by molar-refractivity contribution is 7.10. The van der Waals surface area contributed by atoms with Gasteiger partial charge >= 0.3 is 0 Å². The van der Waals surface area contributed by atoms with E-state index < -0.39 is 0 Å². The number of hydrogen-bond donors (Lipinski definition) is 3. The molecule has 0 saturated carbocycles. The van der Waals surface area contributed by atoms with Crippen molar-refractivity contribution in [3.8, 4) is 0 Å². The van der Waals surface area contributed by atoms with Crippen LogP contribution in [0.3, 0.4) is 0 Å². The Hall–Kier alpha value is -1.56. The van der Waals surface area contributed by atoms with E-state index in [4.69, 9.17) is 5.73 Å². The number of nitrogens with zero attached hydrogens (tertiary/aromatic N) is 2. The van der Waals surface area contributed by atoms with Gasteiger partial charge in [-0.1, -0.05) is 0 Å². The highest BCUT2D eigenvalue weighted by Crippen LogP contribution is 2.25. The number of nitrogens with one attached hydrogen (secondary N) is 2. The number of nitrogen functional groups attached to an aromatic ring is 1. The van der Waals surface area contributed by atoms with Crippen LogP contribution in [0.5, 0.6) is 0 Å². The number of rotatable bonds is 3. The van der Waals surface area contributed by atoms with Crippen LogP contribution in [0.2, 0.25) is 0 Å². The molecule has 0 aliphatic heterocycles. The molecule has 2 rings (SSSR count). The maximum absolute atomic E-state index is 5.63. The monoisotopic (exact) mass is 209 g/mol. The molecule has 14 heavy (non-hydrogen) atoms. The lowest BCUT2D eigenvalue weighted by atomic mass is 10.3. The van der Waals surface area contributed by atoms with Crippen LogP contribution >= 0.6 is 11.5 Å². The van der Waals surface area contributed by atoms with Gasteiger partial charge in [-0.05, 0) is 24.5 Å². The molecule has 0 amide bonds. The molecule has 0 unspecified atom stereocenters. The van der Waals surface area contributed by atoms with Crippen molar-refractivity contribution in [2.24, 2.45) is 0 Å². The van der Waals surface area contributed by atoms with Gasteiger partial charge in [0.25, 0.3) is 0 Å². The third-order valence-electron chi connectivity index (χ3n) is 1.96. The lowest BCUT2D eigenvalue weighted by molar-refractivity contribution is 0.983. The van der Waals surface area contributed by atoms with Gasteiger partial charge in [0.05, 0.1) is 12.2 Å². The largest absolute Gasteiger partial charge is 0.383 e. The van der Waals surface area contributed by atoms with Crippen molar-refractivity contribution < 1.29 is 0 Å². The Labute approximate surface area is 85.5 Å². The van der Waals surface area contributed by atoms with Crippen LogP contribution in [0.15, 0.2) is 12.3 Å². The topological polar surface area (TPSA) is 79.6 Å². The molecule has 74 valence electrons. The first-order valence-corrected chi connectivity index (χ1v) is 4.98. The van der Waals surface area contributed by atoms with Crippen LogP contribution in [-0.4, -0.2) is 14.6 Å². The molecule has 2 heterocycles. The quantitative estimate of drug-likeness (QED) is 0.713. The molecule has 4 N–H and O–H groups in total. The first-order valence-electron chi connectivity index (χ1n) is 4.21. The summed E-state index contributed by atoms with van der Waals surface area (Å²) in [6.07, 6.45) is 1.73. The molecule has 0 aliphatic carbocycles. The van der Waals surface area contributed by atoms with Gasteiger partial charge in [-0.2, -0.15) is 9.47 Å². The molecule has 5 nitrogen and oxygen atoms in total. The molecule has 0 atom stereocenters. The summed E-state index contributed by atoms with van der Waals surface area (Å²) in [5.74, 6) is 0.599. The Morgan fingerprint density at radius 3 is 3.07 bits per heavy atom. The van der Waals surface area contributed by atoms with Gasteiger partial charge < -0.3 is 11.1 Å². The van der Waals surface area contributed by atoms with Crippen molar-refractivity contribution in [1.29, 1.82) is 0 Å². The van der Waals surface area contributed by atoms with E-state index in [1.165, 1.54) is 11.5 Å². The molecule has 6 heteroatoms. The van der Waals surface area contributed by atoms with Crippen LogP contribution in [0.1, 0.15) is 11.3 Å². The number of anilines is 2. The molecule has 0 radical (unpaired) electrons. The smallest absolute Gasteiger partial charge is 0.142 e. The average molecular weight is 209 g/mol. The summed E-state index contributed by atoms with van der Waals surface area (Å²) in [5, 5.41) is 11.0. The fourth-order valence-corrected chi connectivity index (χ4v) is 1.78. The standard InChI is InChI=1S/C8H11N5S/c1-5-7(9)13-14-8(5)10-4-6-2-3-11-12-6/h2-3,10H,4H2,1H3,(H2,9,13)(H,11,12). The Morgan fingerprint density at radius 2 is 2.50 bits per heavy atom. The van der Waals surface area contributed by atoms with Gasteiger partial charge in [-0.15, -0.1) is 0 Å². The van der Waals surface area contributed by atoms with Gasteiger partial charge in [0, 0.05) is 11.8 Å². The van der Waals surface area contributed by atoms with Crippen molar-refractivity contribution >= 4 is 22.4 Å². The summed E-state index contributed by atoms with van der Waals surface area (Å²) in [4.78, 5) is 0. The Balaban J connectivity index is 2.02. The maximum Gasteiger partial charge on any atom is 0.142 e. The van der Waals surface area contributed by atoms with Gasteiger partial charge in [0.1, 0.15) is 10.8 Å². The first-order chi connectivity index (χ1) is 6.77. The Kier molecular flexibility index (Phi) is 2.36. The minimum Gasteiger partial charge on any atom is -0.383 e. The predicted octanol–water partition coefficient (Wildman–Crippen LogP) is 1.37. The van der Waals surface area contributed by atoms with E-state index in [9.17, 15) is 0 Å². The number of H-pyrrole nitrogens is 1. The molecule has 0 bridgehead atoms. The fraction of sp³-hybridized carbons (Fsp3) is 0.250. The van der Waals surface area contributed by atoms with E-state index in [0.717, 1.165) is 16.3 Å². The third kappa shape index (κ3) is 1.69. The van der Waals surface area contributed by atoms with Crippen LogP contribution < -0.4 is 11.1 Å². The van der Waals surface area contributed by atoms with Crippen LogP contribution in [0, 0.1) is 6.92 Å². The average Bonchev–Trinajstić information content (AvgIpc) is 2.77. The highest BCUT2D eigenvalue weighted by Gasteiger charge is 2.05. The van der Waals surface area contributed by atoms with Gasteiger partial charge in [-0.3, -0.25) is 5.10 Å².